The molecule has 11 heteroatoms. The number of hydrogen-bond acceptors (Lipinski definition) is 7. The molecule has 2 saturated carbocycles. The summed E-state index contributed by atoms with van der Waals surface area (Å²) in [5.74, 6) is -2.18. The van der Waals surface area contributed by atoms with Crippen LogP contribution in [0.4, 0.5) is 4.79 Å². The Labute approximate surface area is 230 Å². The molecule has 3 amide bonds. The number of aliphatic carboxylic acids is 1. The molecule has 2 heterocycles. The highest BCUT2D eigenvalue weighted by Gasteiger charge is 2.69. The van der Waals surface area contributed by atoms with Gasteiger partial charge in [0.15, 0.2) is 6.10 Å². The molecule has 0 radical (unpaired) electrons. The number of ether oxygens (including phenoxy) is 2. The highest BCUT2D eigenvalue weighted by atomic mass is 16.6. The summed E-state index contributed by atoms with van der Waals surface area (Å²) in [7, 11) is 0. The Kier molecular flexibility index (Phi) is 8.52. The van der Waals surface area contributed by atoms with Crippen LogP contribution in [0.15, 0.2) is 0 Å². The fourth-order valence-electron chi connectivity index (χ4n) is 6.76. The maximum Gasteiger partial charge on any atom is 0.408 e. The molecule has 0 bridgehead atoms. The van der Waals surface area contributed by atoms with Gasteiger partial charge in [-0.15, -0.1) is 0 Å². The molecule has 4 fully saturated rings. The molecule has 3 unspecified atom stereocenters. The summed E-state index contributed by atoms with van der Waals surface area (Å²) in [6.07, 6.45) is 2.44. The first kappa shape index (κ1) is 29.6. The largest absolute Gasteiger partial charge is 0.479 e. The molecular weight excluding hydrogens is 506 g/mol. The third kappa shape index (κ3) is 6.51. The third-order valence-corrected chi connectivity index (χ3v) is 9.08. The van der Waals surface area contributed by atoms with Crippen LogP contribution in [0, 0.1) is 29.1 Å². The molecule has 11 nitrogen and oxygen atoms in total. The van der Waals surface area contributed by atoms with E-state index in [4.69, 9.17) is 9.47 Å². The van der Waals surface area contributed by atoms with E-state index < -0.39 is 47.8 Å². The zero-order valence-electron chi connectivity index (χ0n) is 23.8. The standard InChI is InChI=1S/C28H45N3O8/c1-27(2,3)39-26(37)30-20(16-9-7-6-8-10-16)24(34)31-12-17-19(28(17,4)5)21(31)23(33)29-18(22(32)25(35)36)11-15-13-38-14-15/h15-22,32H,6-14H2,1-5H3,(H,29,33)(H,30,37)(H,35,36)/t17?,18?,19-,20-,21-,22?/m0/s1. The van der Waals surface area contributed by atoms with Gasteiger partial charge < -0.3 is 35.2 Å². The van der Waals surface area contributed by atoms with E-state index in [0.717, 1.165) is 32.1 Å². The van der Waals surface area contributed by atoms with Crippen LogP contribution in [0.2, 0.25) is 0 Å². The molecule has 0 aromatic carbocycles. The first-order valence-corrected chi connectivity index (χ1v) is 14.3. The Morgan fingerprint density at radius 2 is 1.72 bits per heavy atom. The second-order valence-corrected chi connectivity index (χ2v) is 13.4. The van der Waals surface area contributed by atoms with Crippen molar-refractivity contribution in [2.75, 3.05) is 19.8 Å². The number of fused-ring (bicyclic) bond motifs is 1. The van der Waals surface area contributed by atoms with Crippen molar-refractivity contribution in [3.8, 4) is 0 Å². The number of rotatable bonds is 9. The van der Waals surface area contributed by atoms with Gasteiger partial charge in [-0.1, -0.05) is 33.1 Å². The van der Waals surface area contributed by atoms with E-state index in [-0.39, 0.29) is 41.4 Å². The van der Waals surface area contributed by atoms with Gasteiger partial charge in [0.2, 0.25) is 11.8 Å². The van der Waals surface area contributed by atoms with Gasteiger partial charge in [-0.2, -0.15) is 0 Å². The van der Waals surface area contributed by atoms with Gasteiger partial charge in [0.05, 0.1) is 19.3 Å². The van der Waals surface area contributed by atoms with Crippen LogP contribution < -0.4 is 10.6 Å². The lowest BCUT2D eigenvalue weighted by Gasteiger charge is -2.38. The number of aliphatic hydroxyl groups excluding tert-OH is 1. The molecule has 39 heavy (non-hydrogen) atoms. The van der Waals surface area contributed by atoms with Crippen molar-refractivity contribution in [2.45, 2.75) is 103 Å². The van der Waals surface area contributed by atoms with E-state index in [1.807, 2.05) is 0 Å². The van der Waals surface area contributed by atoms with Crippen molar-refractivity contribution < 1.29 is 38.9 Å². The van der Waals surface area contributed by atoms with E-state index in [0.29, 0.717) is 19.8 Å². The minimum atomic E-state index is -1.77. The smallest absolute Gasteiger partial charge is 0.408 e. The van der Waals surface area contributed by atoms with Crippen molar-refractivity contribution in [1.29, 1.82) is 0 Å². The predicted octanol–water partition coefficient (Wildman–Crippen LogP) is 1.91. The Bertz CT molecular complexity index is 953. The minimum Gasteiger partial charge on any atom is -0.479 e. The monoisotopic (exact) mass is 551 g/mol. The zero-order valence-corrected chi connectivity index (χ0v) is 23.8. The second-order valence-electron chi connectivity index (χ2n) is 13.4. The second kappa shape index (κ2) is 11.2. The molecule has 4 N–H and O–H groups in total. The molecule has 0 spiro atoms. The number of carbonyl (C=O) groups excluding carboxylic acids is 3. The van der Waals surface area contributed by atoms with E-state index in [1.54, 1.807) is 25.7 Å². The summed E-state index contributed by atoms with van der Waals surface area (Å²) < 4.78 is 10.7. The first-order chi connectivity index (χ1) is 18.2. The maximum absolute atomic E-state index is 14.1. The molecule has 4 aliphatic rings. The van der Waals surface area contributed by atoms with Crippen LogP contribution in [0.1, 0.15) is 73.1 Å². The molecule has 0 aromatic heterocycles. The summed E-state index contributed by atoms with van der Waals surface area (Å²) >= 11 is 0. The number of hydrogen-bond donors (Lipinski definition) is 4. The summed E-state index contributed by atoms with van der Waals surface area (Å²) in [5.41, 5.74) is -0.877. The van der Waals surface area contributed by atoms with Crippen LogP contribution >= 0.6 is 0 Å². The number of nitrogens with zero attached hydrogens (tertiary/aromatic N) is 1. The van der Waals surface area contributed by atoms with E-state index >= 15 is 0 Å². The van der Waals surface area contributed by atoms with Crippen molar-refractivity contribution >= 4 is 23.9 Å². The zero-order chi connectivity index (χ0) is 28.7. The summed E-state index contributed by atoms with van der Waals surface area (Å²) in [6.45, 7) is 10.7. The topological polar surface area (TPSA) is 154 Å². The van der Waals surface area contributed by atoms with Crippen LogP contribution in [0.3, 0.4) is 0 Å². The quantitative estimate of drug-likeness (QED) is 0.339. The Morgan fingerprint density at radius 1 is 1.08 bits per heavy atom. The summed E-state index contributed by atoms with van der Waals surface area (Å²) in [5, 5.41) is 25.4. The van der Waals surface area contributed by atoms with E-state index in [1.165, 1.54) is 0 Å². The number of carboxylic acids is 1. The lowest BCUT2D eigenvalue weighted by molar-refractivity contribution is -0.151. The number of amides is 3. The van der Waals surface area contributed by atoms with Gasteiger partial charge in [0.1, 0.15) is 17.7 Å². The third-order valence-electron chi connectivity index (χ3n) is 9.08. The Hall–Kier alpha value is -2.40. The molecule has 220 valence electrons. The molecule has 2 aliphatic carbocycles. The fourth-order valence-corrected chi connectivity index (χ4v) is 6.76. The number of nitrogens with one attached hydrogen (secondary N) is 2. The molecule has 4 rings (SSSR count). The van der Waals surface area contributed by atoms with Crippen molar-refractivity contribution in [3.63, 3.8) is 0 Å². The Morgan fingerprint density at radius 3 is 2.26 bits per heavy atom. The SMILES string of the molecule is CC(C)(C)OC(=O)N[C@H](C(=O)N1CC2[C@@H]([C@H]1C(=O)NC(CC1COC1)C(O)C(=O)O)C2(C)C)C1CCCCC1. The lowest BCUT2D eigenvalue weighted by atomic mass is 9.83. The highest BCUT2D eigenvalue weighted by Crippen LogP contribution is 2.65. The number of carboxylic acid groups (broad SMARTS) is 1. The molecule has 2 aliphatic heterocycles. The average Bonchev–Trinajstić information content (AvgIpc) is 3.15. The summed E-state index contributed by atoms with van der Waals surface area (Å²) in [6, 6.07) is -2.63. The minimum absolute atomic E-state index is 0.0458. The van der Waals surface area contributed by atoms with Crippen LogP contribution in [0.25, 0.3) is 0 Å². The van der Waals surface area contributed by atoms with Crippen molar-refractivity contribution in [1.82, 2.24) is 15.5 Å². The van der Waals surface area contributed by atoms with Gasteiger partial charge in [0, 0.05) is 12.5 Å². The number of likely N-dealkylation sites (tertiary alicyclic amines) is 1. The van der Waals surface area contributed by atoms with E-state index in [2.05, 4.69) is 24.5 Å². The summed E-state index contributed by atoms with van der Waals surface area (Å²) in [4.78, 5) is 53.8. The molecular formula is C28H45N3O8. The molecule has 6 atom stereocenters. The van der Waals surface area contributed by atoms with Crippen molar-refractivity contribution in [3.05, 3.63) is 0 Å². The van der Waals surface area contributed by atoms with Crippen LogP contribution in [-0.4, -0.2) is 88.6 Å². The average molecular weight is 552 g/mol. The number of carbonyl (C=O) groups is 4. The van der Waals surface area contributed by atoms with Gasteiger partial charge in [-0.3, -0.25) is 9.59 Å². The van der Waals surface area contributed by atoms with Crippen LogP contribution in [0.5, 0.6) is 0 Å². The van der Waals surface area contributed by atoms with Crippen molar-refractivity contribution in [2.24, 2.45) is 29.1 Å². The van der Waals surface area contributed by atoms with Crippen LogP contribution in [-0.2, 0) is 23.9 Å². The normalized spacial score (nSPS) is 28.9. The molecule has 0 aromatic rings. The van der Waals surface area contributed by atoms with Gasteiger partial charge >= 0.3 is 12.1 Å². The molecule has 2 saturated heterocycles. The fraction of sp³-hybridized carbons (Fsp3) is 0.857. The highest BCUT2D eigenvalue weighted by molar-refractivity contribution is 5.93. The Balaban J connectivity index is 1.55. The maximum atomic E-state index is 14.1. The number of piperidine rings is 1. The van der Waals surface area contributed by atoms with E-state index in [9.17, 15) is 29.4 Å². The number of aliphatic hydroxyl groups is 1. The first-order valence-electron chi connectivity index (χ1n) is 14.3. The van der Waals surface area contributed by atoms with Gasteiger partial charge in [-0.05, 0) is 63.2 Å². The van der Waals surface area contributed by atoms with Gasteiger partial charge in [0.25, 0.3) is 0 Å². The lowest BCUT2D eigenvalue weighted by Crippen LogP contribution is -2.60. The van der Waals surface area contributed by atoms with Gasteiger partial charge in [-0.25, -0.2) is 9.59 Å². The number of alkyl carbamates (subject to hydrolysis) is 1. The predicted molar refractivity (Wildman–Crippen MR) is 140 cm³/mol.